The molecule has 0 aromatic carbocycles. The predicted octanol–water partition coefficient (Wildman–Crippen LogP) is 1.13. The van der Waals surface area contributed by atoms with Gasteiger partial charge in [0.25, 0.3) is 11.1 Å². The molecule has 26 heavy (non-hydrogen) atoms. The van der Waals surface area contributed by atoms with Crippen LogP contribution in [0, 0.1) is 5.92 Å². The van der Waals surface area contributed by atoms with Crippen LogP contribution >= 0.6 is 0 Å². The lowest BCUT2D eigenvalue weighted by Crippen LogP contribution is -2.37. The summed E-state index contributed by atoms with van der Waals surface area (Å²) in [4.78, 5) is 35.1. The maximum Gasteiger partial charge on any atom is 0.253 e. The molecular formula is C19H25N5O2. The van der Waals surface area contributed by atoms with Crippen molar-refractivity contribution in [1.29, 1.82) is 0 Å². The Morgan fingerprint density at radius 2 is 1.85 bits per heavy atom. The fourth-order valence-corrected chi connectivity index (χ4v) is 3.64. The second-order valence-electron chi connectivity index (χ2n) is 7.56. The van der Waals surface area contributed by atoms with Gasteiger partial charge in [-0.15, -0.1) is 0 Å². The lowest BCUT2D eigenvalue weighted by atomic mass is 9.96. The van der Waals surface area contributed by atoms with E-state index in [0.717, 1.165) is 56.8 Å². The standard InChI is InChI=1S/C19H25N5O2/c1-22-17(20-7-4-18(22)25)12-23-8-5-14(6-9-23)11-24-13-21-16(10-19(24)26)15-2-3-15/h4,7,10,13-15H,2-3,5-6,8-9,11-12H2,1H3. The Hall–Kier alpha value is -2.28. The van der Waals surface area contributed by atoms with Crippen molar-refractivity contribution in [3.63, 3.8) is 0 Å². The van der Waals surface area contributed by atoms with Crippen LogP contribution in [0.3, 0.4) is 0 Å². The fraction of sp³-hybridized carbons (Fsp3) is 0.579. The SMILES string of the molecule is Cn1c(CN2CCC(Cn3cnc(C4CC4)cc3=O)CC2)nccc1=O. The van der Waals surface area contributed by atoms with Crippen molar-refractivity contribution < 1.29 is 0 Å². The van der Waals surface area contributed by atoms with E-state index in [1.54, 1.807) is 34.8 Å². The molecule has 2 aliphatic rings. The van der Waals surface area contributed by atoms with Gasteiger partial charge in [0.15, 0.2) is 0 Å². The monoisotopic (exact) mass is 355 g/mol. The highest BCUT2D eigenvalue weighted by atomic mass is 16.1. The van der Waals surface area contributed by atoms with Gasteiger partial charge in [-0.05, 0) is 44.7 Å². The molecule has 3 heterocycles. The Bertz CT molecular complexity index is 891. The lowest BCUT2D eigenvalue weighted by Gasteiger charge is -2.32. The number of nitrogens with zero attached hydrogens (tertiary/aromatic N) is 5. The molecule has 2 aromatic heterocycles. The van der Waals surface area contributed by atoms with Gasteiger partial charge in [0.05, 0.1) is 18.6 Å². The Kier molecular flexibility index (Phi) is 4.72. The summed E-state index contributed by atoms with van der Waals surface area (Å²) in [5, 5.41) is 0. The Balaban J connectivity index is 1.33. The largest absolute Gasteiger partial charge is 0.299 e. The van der Waals surface area contributed by atoms with E-state index in [9.17, 15) is 9.59 Å². The molecular weight excluding hydrogens is 330 g/mol. The Labute approximate surface area is 152 Å². The van der Waals surface area contributed by atoms with Crippen LogP contribution in [-0.2, 0) is 20.1 Å². The quantitative estimate of drug-likeness (QED) is 0.804. The van der Waals surface area contributed by atoms with Gasteiger partial charge in [0.1, 0.15) is 5.82 Å². The van der Waals surface area contributed by atoms with Crippen molar-refractivity contribution in [1.82, 2.24) is 24.0 Å². The van der Waals surface area contributed by atoms with Gasteiger partial charge in [-0.3, -0.25) is 23.6 Å². The van der Waals surface area contributed by atoms with E-state index in [4.69, 9.17) is 0 Å². The van der Waals surface area contributed by atoms with Crippen LogP contribution in [0.2, 0.25) is 0 Å². The summed E-state index contributed by atoms with van der Waals surface area (Å²) in [5.74, 6) is 1.81. The summed E-state index contributed by atoms with van der Waals surface area (Å²) in [6.45, 7) is 3.35. The number of piperidine rings is 1. The Morgan fingerprint density at radius 1 is 1.08 bits per heavy atom. The van der Waals surface area contributed by atoms with Crippen LogP contribution in [0.1, 0.15) is 43.1 Å². The minimum atomic E-state index is -0.0218. The number of hydrogen-bond donors (Lipinski definition) is 0. The molecule has 0 N–H and O–H groups in total. The molecule has 1 aliphatic carbocycles. The zero-order valence-corrected chi connectivity index (χ0v) is 15.2. The first-order valence-corrected chi connectivity index (χ1v) is 9.40. The molecule has 0 unspecified atom stereocenters. The third kappa shape index (κ3) is 3.77. The zero-order chi connectivity index (χ0) is 18.1. The highest BCUT2D eigenvalue weighted by Crippen LogP contribution is 2.38. The molecule has 1 saturated heterocycles. The van der Waals surface area contributed by atoms with Gasteiger partial charge in [-0.2, -0.15) is 0 Å². The number of likely N-dealkylation sites (tertiary alicyclic amines) is 1. The van der Waals surface area contributed by atoms with E-state index >= 15 is 0 Å². The third-order valence-electron chi connectivity index (χ3n) is 5.58. The van der Waals surface area contributed by atoms with Gasteiger partial charge in [-0.25, -0.2) is 9.97 Å². The van der Waals surface area contributed by atoms with Crippen LogP contribution in [-0.4, -0.2) is 37.1 Å². The molecule has 7 nitrogen and oxygen atoms in total. The number of hydrogen-bond acceptors (Lipinski definition) is 5. The number of rotatable bonds is 5. The predicted molar refractivity (Wildman–Crippen MR) is 98.0 cm³/mol. The second-order valence-corrected chi connectivity index (χ2v) is 7.56. The first-order valence-electron chi connectivity index (χ1n) is 9.40. The van der Waals surface area contributed by atoms with Crippen LogP contribution in [0.15, 0.2) is 34.2 Å². The highest BCUT2D eigenvalue weighted by molar-refractivity contribution is 5.12. The molecule has 0 atom stereocenters. The van der Waals surface area contributed by atoms with Gasteiger partial charge in [-0.1, -0.05) is 0 Å². The normalized spacial score (nSPS) is 19.0. The van der Waals surface area contributed by atoms with E-state index in [2.05, 4.69) is 14.9 Å². The van der Waals surface area contributed by atoms with Crippen molar-refractivity contribution >= 4 is 0 Å². The molecule has 7 heteroatoms. The minimum absolute atomic E-state index is 0.0218. The molecule has 4 rings (SSSR count). The van der Waals surface area contributed by atoms with Crippen molar-refractivity contribution in [3.8, 4) is 0 Å². The summed E-state index contributed by atoms with van der Waals surface area (Å²) < 4.78 is 3.37. The molecule has 2 fully saturated rings. The number of aromatic nitrogens is 4. The summed E-state index contributed by atoms with van der Waals surface area (Å²) in [5.41, 5.74) is 1.02. The second kappa shape index (κ2) is 7.15. The first kappa shape index (κ1) is 17.1. The van der Waals surface area contributed by atoms with Crippen LogP contribution in [0.5, 0.6) is 0 Å². The average Bonchev–Trinajstić information content (AvgIpc) is 3.47. The highest BCUT2D eigenvalue weighted by Gasteiger charge is 2.26. The molecule has 1 saturated carbocycles. The average molecular weight is 355 g/mol. The van der Waals surface area contributed by atoms with Gasteiger partial charge in [0, 0.05) is 37.8 Å². The summed E-state index contributed by atoms with van der Waals surface area (Å²) in [6.07, 6.45) is 7.71. The van der Waals surface area contributed by atoms with Crippen LogP contribution in [0.25, 0.3) is 0 Å². The van der Waals surface area contributed by atoms with Crippen molar-refractivity contribution in [2.75, 3.05) is 13.1 Å². The molecule has 0 bridgehead atoms. The van der Waals surface area contributed by atoms with Crippen molar-refractivity contribution in [3.05, 3.63) is 56.9 Å². The lowest BCUT2D eigenvalue weighted by molar-refractivity contribution is 0.161. The van der Waals surface area contributed by atoms with E-state index < -0.39 is 0 Å². The maximum absolute atomic E-state index is 12.3. The minimum Gasteiger partial charge on any atom is -0.299 e. The van der Waals surface area contributed by atoms with Crippen LogP contribution in [0.4, 0.5) is 0 Å². The van der Waals surface area contributed by atoms with E-state index in [1.165, 1.54) is 6.07 Å². The van der Waals surface area contributed by atoms with Crippen molar-refractivity contribution in [2.24, 2.45) is 13.0 Å². The zero-order valence-electron chi connectivity index (χ0n) is 15.2. The van der Waals surface area contributed by atoms with Crippen LogP contribution < -0.4 is 11.1 Å². The molecule has 0 spiro atoms. The van der Waals surface area contributed by atoms with Gasteiger partial charge >= 0.3 is 0 Å². The summed E-state index contributed by atoms with van der Waals surface area (Å²) in [7, 11) is 1.77. The maximum atomic E-state index is 12.3. The first-order chi connectivity index (χ1) is 12.6. The smallest absolute Gasteiger partial charge is 0.253 e. The Morgan fingerprint density at radius 3 is 2.54 bits per heavy atom. The third-order valence-corrected chi connectivity index (χ3v) is 5.58. The van der Waals surface area contributed by atoms with Crippen molar-refractivity contribution in [2.45, 2.75) is 44.7 Å². The molecule has 0 radical (unpaired) electrons. The summed E-state index contributed by atoms with van der Waals surface area (Å²) >= 11 is 0. The van der Waals surface area contributed by atoms with E-state index in [0.29, 0.717) is 18.4 Å². The van der Waals surface area contributed by atoms with Gasteiger partial charge in [0.2, 0.25) is 0 Å². The van der Waals surface area contributed by atoms with E-state index in [1.807, 2.05) is 0 Å². The fourth-order valence-electron chi connectivity index (χ4n) is 3.64. The van der Waals surface area contributed by atoms with Gasteiger partial charge < -0.3 is 0 Å². The van der Waals surface area contributed by atoms with E-state index in [-0.39, 0.29) is 11.1 Å². The molecule has 138 valence electrons. The molecule has 1 aliphatic heterocycles. The topological polar surface area (TPSA) is 73.0 Å². The summed E-state index contributed by atoms with van der Waals surface area (Å²) in [6, 6.07) is 3.20. The molecule has 0 amide bonds. The molecule has 2 aromatic rings.